The second-order valence-corrected chi connectivity index (χ2v) is 6.97. The molecule has 1 aliphatic heterocycles. The van der Waals surface area contributed by atoms with Crippen molar-refractivity contribution in [2.45, 2.75) is 25.3 Å². The van der Waals surface area contributed by atoms with Crippen molar-refractivity contribution in [3.63, 3.8) is 0 Å². The van der Waals surface area contributed by atoms with E-state index in [1.54, 1.807) is 0 Å². The van der Waals surface area contributed by atoms with E-state index in [1.807, 2.05) is 0 Å². The summed E-state index contributed by atoms with van der Waals surface area (Å²) in [5, 5.41) is 2.30. The van der Waals surface area contributed by atoms with E-state index in [4.69, 9.17) is 0 Å². The van der Waals surface area contributed by atoms with Crippen LogP contribution in [0.25, 0.3) is 0 Å². The van der Waals surface area contributed by atoms with Crippen LogP contribution in [0.3, 0.4) is 0 Å². The lowest BCUT2D eigenvalue weighted by Crippen LogP contribution is -2.46. The Morgan fingerprint density at radius 1 is 1.24 bits per heavy atom. The van der Waals surface area contributed by atoms with Gasteiger partial charge in [-0.25, -0.2) is 13.2 Å². The van der Waals surface area contributed by atoms with Crippen LogP contribution in [0.1, 0.15) is 19.3 Å². The second-order valence-electron chi connectivity index (χ2n) is 4.74. The van der Waals surface area contributed by atoms with Crippen molar-refractivity contribution < 1.29 is 18.0 Å². The van der Waals surface area contributed by atoms with Crippen LogP contribution in [0.15, 0.2) is 0 Å². The highest BCUT2D eigenvalue weighted by molar-refractivity contribution is 7.91. The topological polar surface area (TPSA) is 83.6 Å². The summed E-state index contributed by atoms with van der Waals surface area (Å²) < 4.78 is 22.6. The molecule has 0 aromatic carbocycles. The van der Waals surface area contributed by atoms with Crippen LogP contribution < -0.4 is 5.32 Å². The van der Waals surface area contributed by atoms with E-state index in [2.05, 4.69) is 5.32 Å². The van der Waals surface area contributed by atoms with Gasteiger partial charge in [0.05, 0.1) is 11.5 Å². The molecule has 1 unspecified atom stereocenters. The molecular formula is C10H16N2O4S. The highest BCUT2D eigenvalue weighted by Crippen LogP contribution is 2.28. The maximum absolute atomic E-state index is 11.7. The van der Waals surface area contributed by atoms with Gasteiger partial charge in [0.15, 0.2) is 9.84 Å². The van der Waals surface area contributed by atoms with Crippen molar-refractivity contribution >= 4 is 21.8 Å². The zero-order valence-electron chi connectivity index (χ0n) is 9.68. The van der Waals surface area contributed by atoms with E-state index >= 15 is 0 Å². The minimum atomic E-state index is -3.01. The average Bonchev–Trinajstić information content (AvgIpc) is 3.02. The molecule has 1 N–H and O–H groups in total. The third-order valence-corrected chi connectivity index (χ3v) is 5.01. The number of nitrogens with zero attached hydrogens (tertiary/aromatic N) is 1. The lowest BCUT2D eigenvalue weighted by molar-refractivity contribution is -0.121. The number of urea groups is 1. The molecular weight excluding hydrogens is 244 g/mol. The number of hydrogen-bond donors (Lipinski definition) is 1. The molecule has 7 heteroatoms. The van der Waals surface area contributed by atoms with Gasteiger partial charge in [0, 0.05) is 19.0 Å². The smallest absolute Gasteiger partial charge is 0.323 e. The highest BCUT2D eigenvalue weighted by Gasteiger charge is 2.35. The number of nitrogens with one attached hydrogen (secondary N) is 1. The Labute approximate surface area is 100 Å². The van der Waals surface area contributed by atoms with Crippen molar-refractivity contribution in [2.24, 2.45) is 5.92 Å². The summed E-state index contributed by atoms with van der Waals surface area (Å²) in [7, 11) is -1.48. The molecule has 0 aromatic heterocycles. The van der Waals surface area contributed by atoms with E-state index in [0.29, 0.717) is 6.42 Å². The normalized spacial score (nSPS) is 26.5. The van der Waals surface area contributed by atoms with Crippen LogP contribution in [-0.2, 0) is 14.6 Å². The van der Waals surface area contributed by atoms with Gasteiger partial charge in [-0.2, -0.15) is 0 Å². The Balaban J connectivity index is 1.88. The predicted molar refractivity (Wildman–Crippen MR) is 61.1 cm³/mol. The standard InChI is InChI=1S/C10H16N2O4S/c1-12(8-4-5-17(15,16)6-8)10(14)11-9(13)7-2-3-7/h7-8H,2-6H2,1H3,(H,11,13,14). The van der Waals surface area contributed by atoms with Gasteiger partial charge in [-0.3, -0.25) is 10.1 Å². The van der Waals surface area contributed by atoms with E-state index < -0.39 is 15.9 Å². The number of hydrogen-bond acceptors (Lipinski definition) is 4. The Hall–Kier alpha value is -1.11. The first-order chi connectivity index (χ1) is 7.89. The number of imide groups is 1. The van der Waals surface area contributed by atoms with E-state index in [-0.39, 0.29) is 29.4 Å². The fourth-order valence-electron chi connectivity index (χ4n) is 1.89. The predicted octanol–water partition coefficient (Wildman–Crippen LogP) is -0.249. The van der Waals surface area contributed by atoms with Crippen LogP contribution >= 0.6 is 0 Å². The van der Waals surface area contributed by atoms with E-state index in [0.717, 1.165) is 12.8 Å². The summed E-state index contributed by atoms with van der Waals surface area (Å²) in [6.07, 6.45) is 2.12. The molecule has 0 aromatic rings. The molecule has 1 heterocycles. The van der Waals surface area contributed by atoms with Gasteiger partial charge in [0.2, 0.25) is 5.91 Å². The lowest BCUT2D eigenvalue weighted by Gasteiger charge is -2.23. The summed E-state index contributed by atoms with van der Waals surface area (Å²) in [6.45, 7) is 0. The molecule has 0 spiro atoms. The summed E-state index contributed by atoms with van der Waals surface area (Å²) in [5.41, 5.74) is 0. The third-order valence-electron chi connectivity index (χ3n) is 3.25. The Bertz CT molecular complexity index is 441. The van der Waals surface area contributed by atoms with Gasteiger partial charge in [0.1, 0.15) is 0 Å². The molecule has 2 aliphatic rings. The number of rotatable bonds is 2. The minimum Gasteiger partial charge on any atom is -0.323 e. The summed E-state index contributed by atoms with van der Waals surface area (Å²) in [5.74, 6) is -0.164. The van der Waals surface area contributed by atoms with Crippen molar-refractivity contribution in [1.29, 1.82) is 0 Å². The molecule has 17 heavy (non-hydrogen) atoms. The third kappa shape index (κ3) is 2.96. The fraction of sp³-hybridized carbons (Fsp3) is 0.800. The van der Waals surface area contributed by atoms with Gasteiger partial charge in [-0.1, -0.05) is 0 Å². The summed E-state index contributed by atoms with van der Waals surface area (Å²) >= 11 is 0. The highest BCUT2D eigenvalue weighted by atomic mass is 32.2. The SMILES string of the molecule is CN(C(=O)NC(=O)C1CC1)C1CCS(=O)(=O)C1. The first-order valence-electron chi connectivity index (χ1n) is 5.67. The van der Waals surface area contributed by atoms with Gasteiger partial charge >= 0.3 is 6.03 Å². The van der Waals surface area contributed by atoms with Gasteiger partial charge < -0.3 is 4.90 Å². The molecule has 1 atom stereocenters. The van der Waals surface area contributed by atoms with Crippen molar-refractivity contribution in [3.8, 4) is 0 Å². The molecule has 3 amide bonds. The number of sulfone groups is 1. The number of amides is 3. The van der Waals surface area contributed by atoms with Gasteiger partial charge in [-0.05, 0) is 19.3 Å². The average molecular weight is 260 g/mol. The zero-order valence-corrected chi connectivity index (χ0v) is 10.5. The van der Waals surface area contributed by atoms with Crippen molar-refractivity contribution in [3.05, 3.63) is 0 Å². The van der Waals surface area contributed by atoms with Crippen molar-refractivity contribution in [2.75, 3.05) is 18.6 Å². The molecule has 1 aliphatic carbocycles. The number of carbonyl (C=O) groups excluding carboxylic acids is 2. The first kappa shape index (κ1) is 12.3. The maximum Gasteiger partial charge on any atom is 0.324 e. The largest absolute Gasteiger partial charge is 0.324 e. The van der Waals surface area contributed by atoms with Gasteiger partial charge in [-0.15, -0.1) is 0 Å². The molecule has 2 rings (SSSR count). The van der Waals surface area contributed by atoms with E-state index in [9.17, 15) is 18.0 Å². The summed E-state index contributed by atoms with van der Waals surface area (Å²) in [6, 6.07) is -0.809. The molecule has 1 saturated carbocycles. The monoisotopic (exact) mass is 260 g/mol. The molecule has 2 fully saturated rings. The molecule has 0 radical (unpaired) electrons. The van der Waals surface area contributed by atoms with Crippen LogP contribution in [0.5, 0.6) is 0 Å². The van der Waals surface area contributed by atoms with Crippen LogP contribution in [0.2, 0.25) is 0 Å². The Morgan fingerprint density at radius 3 is 2.35 bits per heavy atom. The molecule has 96 valence electrons. The minimum absolute atomic E-state index is 0.00542. The van der Waals surface area contributed by atoms with Gasteiger partial charge in [0.25, 0.3) is 0 Å². The molecule has 6 nitrogen and oxygen atoms in total. The maximum atomic E-state index is 11.7. The first-order valence-corrected chi connectivity index (χ1v) is 7.49. The van der Waals surface area contributed by atoms with Crippen LogP contribution in [-0.4, -0.2) is 49.9 Å². The van der Waals surface area contributed by atoms with Crippen LogP contribution in [0.4, 0.5) is 4.79 Å². The number of carbonyl (C=O) groups is 2. The van der Waals surface area contributed by atoms with E-state index in [1.165, 1.54) is 11.9 Å². The fourth-order valence-corrected chi connectivity index (χ4v) is 3.66. The zero-order chi connectivity index (χ0) is 12.6. The van der Waals surface area contributed by atoms with Crippen LogP contribution in [0, 0.1) is 5.92 Å². The second kappa shape index (κ2) is 4.29. The Kier molecular flexibility index (Phi) is 3.11. The van der Waals surface area contributed by atoms with Crippen molar-refractivity contribution in [1.82, 2.24) is 10.2 Å². The molecule has 0 bridgehead atoms. The lowest BCUT2D eigenvalue weighted by atomic mass is 10.2. The summed E-state index contributed by atoms with van der Waals surface area (Å²) in [4.78, 5) is 24.4. The Morgan fingerprint density at radius 2 is 1.88 bits per heavy atom. The molecule has 1 saturated heterocycles. The quantitative estimate of drug-likeness (QED) is 0.742.